The zero-order valence-corrected chi connectivity index (χ0v) is 14.6. The van der Waals surface area contributed by atoms with Gasteiger partial charge in [0.05, 0.1) is 11.2 Å². The molecule has 3 rings (SSSR count). The summed E-state index contributed by atoms with van der Waals surface area (Å²) in [5.41, 5.74) is 1.79. The molecule has 0 saturated carbocycles. The Labute approximate surface area is 151 Å². The van der Waals surface area contributed by atoms with Gasteiger partial charge in [0, 0.05) is 44.4 Å². The smallest absolute Gasteiger partial charge is 0.223 e. The number of carbonyl (C=O) groups excluding carboxylic acids is 1. The Morgan fingerprint density at radius 2 is 2.04 bits per heavy atom. The number of pyridine rings is 1. The number of halogens is 1. The molecule has 0 bridgehead atoms. The normalized spacial score (nSPS) is 10.6. The molecule has 0 unspecified atom stereocenters. The van der Waals surface area contributed by atoms with Crippen LogP contribution in [0, 0.1) is 0 Å². The average molecular weight is 356 g/mol. The third-order valence-corrected chi connectivity index (χ3v) is 4.14. The highest BCUT2D eigenvalue weighted by Crippen LogP contribution is 2.28. The fourth-order valence-electron chi connectivity index (χ4n) is 2.47. The lowest BCUT2D eigenvalue weighted by atomic mass is 10.2. The van der Waals surface area contributed by atoms with E-state index in [1.165, 1.54) is 0 Å². The number of aromatic nitrogens is 2. The van der Waals surface area contributed by atoms with Crippen molar-refractivity contribution in [3.05, 3.63) is 71.5 Å². The van der Waals surface area contributed by atoms with Crippen molar-refractivity contribution in [3.63, 3.8) is 0 Å². The van der Waals surface area contributed by atoms with Crippen LogP contribution < -0.4 is 0 Å². The SMILES string of the molecule is CN(Cc1cccnc1)C(=O)CCc1ncc(-c2ccccc2Cl)o1. The number of oxazole rings is 1. The Bertz CT molecular complexity index is 849. The summed E-state index contributed by atoms with van der Waals surface area (Å²) in [6.07, 6.45) is 5.89. The Morgan fingerprint density at radius 3 is 2.80 bits per heavy atom. The minimum absolute atomic E-state index is 0.0290. The number of rotatable bonds is 6. The van der Waals surface area contributed by atoms with E-state index in [1.807, 2.05) is 30.3 Å². The maximum atomic E-state index is 12.3. The predicted molar refractivity (Wildman–Crippen MR) is 96.0 cm³/mol. The lowest BCUT2D eigenvalue weighted by Crippen LogP contribution is -2.26. The first-order chi connectivity index (χ1) is 12.1. The van der Waals surface area contributed by atoms with Crippen molar-refractivity contribution in [1.82, 2.24) is 14.9 Å². The van der Waals surface area contributed by atoms with Crippen molar-refractivity contribution in [2.24, 2.45) is 0 Å². The maximum Gasteiger partial charge on any atom is 0.223 e. The van der Waals surface area contributed by atoms with Gasteiger partial charge < -0.3 is 9.32 Å². The number of benzene rings is 1. The first kappa shape index (κ1) is 17.2. The van der Waals surface area contributed by atoms with E-state index in [2.05, 4.69) is 9.97 Å². The van der Waals surface area contributed by atoms with Gasteiger partial charge in [-0.25, -0.2) is 4.98 Å². The third-order valence-electron chi connectivity index (χ3n) is 3.81. The quantitative estimate of drug-likeness (QED) is 0.671. The van der Waals surface area contributed by atoms with Crippen LogP contribution in [0.5, 0.6) is 0 Å². The van der Waals surface area contributed by atoms with Crippen LogP contribution >= 0.6 is 11.6 Å². The minimum Gasteiger partial charge on any atom is -0.441 e. The number of nitrogens with zero attached hydrogens (tertiary/aromatic N) is 3. The zero-order chi connectivity index (χ0) is 17.6. The Hall–Kier alpha value is -2.66. The predicted octanol–water partition coefficient (Wildman–Crippen LogP) is 3.98. The van der Waals surface area contributed by atoms with Gasteiger partial charge in [0.25, 0.3) is 0 Å². The van der Waals surface area contributed by atoms with E-state index in [0.717, 1.165) is 11.1 Å². The van der Waals surface area contributed by atoms with Crippen molar-refractivity contribution in [1.29, 1.82) is 0 Å². The van der Waals surface area contributed by atoms with Crippen LogP contribution in [0.4, 0.5) is 0 Å². The lowest BCUT2D eigenvalue weighted by molar-refractivity contribution is -0.130. The summed E-state index contributed by atoms with van der Waals surface area (Å²) in [5, 5.41) is 0.609. The summed E-state index contributed by atoms with van der Waals surface area (Å²) >= 11 is 6.16. The molecule has 0 spiro atoms. The Morgan fingerprint density at radius 1 is 1.20 bits per heavy atom. The first-order valence-electron chi connectivity index (χ1n) is 7.96. The topological polar surface area (TPSA) is 59.2 Å². The van der Waals surface area contributed by atoms with Crippen LogP contribution in [0.2, 0.25) is 5.02 Å². The molecule has 1 aromatic carbocycles. The number of amides is 1. The number of carbonyl (C=O) groups is 1. The molecular weight excluding hydrogens is 338 g/mol. The highest BCUT2D eigenvalue weighted by Gasteiger charge is 2.13. The van der Waals surface area contributed by atoms with Crippen LogP contribution in [-0.2, 0) is 17.8 Å². The average Bonchev–Trinajstić information content (AvgIpc) is 3.09. The van der Waals surface area contributed by atoms with E-state index in [-0.39, 0.29) is 5.91 Å². The minimum atomic E-state index is 0.0290. The molecule has 2 heterocycles. The molecular formula is C19H18ClN3O2. The van der Waals surface area contributed by atoms with Crippen LogP contribution in [0.3, 0.4) is 0 Å². The molecule has 0 aliphatic rings. The van der Waals surface area contributed by atoms with Crippen molar-refractivity contribution in [2.45, 2.75) is 19.4 Å². The molecule has 5 nitrogen and oxygen atoms in total. The molecule has 1 amide bonds. The summed E-state index contributed by atoms with van der Waals surface area (Å²) in [6.45, 7) is 0.531. The molecule has 0 fully saturated rings. The molecule has 0 N–H and O–H groups in total. The van der Waals surface area contributed by atoms with Crippen LogP contribution in [-0.4, -0.2) is 27.8 Å². The molecule has 0 aliphatic heterocycles. The van der Waals surface area contributed by atoms with Gasteiger partial charge >= 0.3 is 0 Å². The largest absolute Gasteiger partial charge is 0.441 e. The van der Waals surface area contributed by atoms with Gasteiger partial charge in [-0.3, -0.25) is 9.78 Å². The van der Waals surface area contributed by atoms with Gasteiger partial charge in [-0.15, -0.1) is 0 Å². The standard InChI is InChI=1S/C19H18ClN3O2/c1-23(13-14-5-4-10-21-11-14)19(24)9-8-18-22-12-17(25-18)15-6-2-3-7-16(15)20/h2-7,10-12H,8-9,13H2,1H3. The monoisotopic (exact) mass is 355 g/mol. The number of hydrogen-bond acceptors (Lipinski definition) is 4. The van der Waals surface area contributed by atoms with Crippen molar-refractivity contribution >= 4 is 17.5 Å². The third kappa shape index (κ3) is 4.45. The van der Waals surface area contributed by atoms with Crippen LogP contribution in [0.15, 0.2) is 59.4 Å². The highest BCUT2D eigenvalue weighted by atomic mass is 35.5. The highest BCUT2D eigenvalue weighted by molar-refractivity contribution is 6.33. The molecule has 0 saturated heterocycles. The molecule has 6 heteroatoms. The Balaban J connectivity index is 1.57. The number of aryl methyl sites for hydroxylation is 1. The molecule has 25 heavy (non-hydrogen) atoms. The molecule has 3 aromatic rings. The van der Waals surface area contributed by atoms with Crippen molar-refractivity contribution < 1.29 is 9.21 Å². The second kappa shape index (κ2) is 7.94. The van der Waals surface area contributed by atoms with E-state index in [0.29, 0.717) is 36.1 Å². The van der Waals surface area contributed by atoms with Gasteiger partial charge in [-0.2, -0.15) is 0 Å². The second-order valence-electron chi connectivity index (χ2n) is 5.71. The fourth-order valence-corrected chi connectivity index (χ4v) is 2.70. The van der Waals surface area contributed by atoms with Crippen LogP contribution in [0.1, 0.15) is 17.9 Å². The van der Waals surface area contributed by atoms with E-state index in [4.69, 9.17) is 16.0 Å². The van der Waals surface area contributed by atoms with Gasteiger partial charge in [0.1, 0.15) is 0 Å². The van der Waals surface area contributed by atoms with E-state index < -0.39 is 0 Å². The van der Waals surface area contributed by atoms with E-state index >= 15 is 0 Å². The number of hydrogen-bond donors (Lipinski definition) is 0. The molecule has 0 atom stereocenters. The molecule has 2 aromatic heterocycles. The van der Waals surface area contributed by atoms with Gasteiger partial charge in [0.2, 0.25) is 5.91 Å². The molecule has 128 valence electrons. The summed E-state index contributed by atoms with van der Waals surface area (Å²) in [4.78, 5) is 22.2. The van der Waals surface area contributed by atoms with Crippen molar-refractivity contribution in [2.75, 3.05) is 7.05 Å². The summed E-state index contributed by atoms with van der Waals surface area (Å²) < 4.78 is 5.72. The molecule has 0 radical (unpaired) electrons. The van der Waals surface area contributed by atoms with Crippen molar-refractivity contribution in [3.8, 4) is 11.3 Å². The summed E-state index contributed by atoms with van der Waals surface area (Å²) in [7, 11) is 1.78. The Kier molecular flexibility index (Phi) is 5.46. The summed E-state index contributed by atoms with van der Waals surface area (Å²) in [6, 6.07) is 11.2. The second-order valence-corrected chi connectivity index (χ2v) is 6.12. The lowest BCUT2D eigenvalue weighted by Gasteiger charge is -2.16. The van der Waals surface area contributed by atoms with E-state index in [1.54, 1.807) is 36.6 Å². The first-order valence-corrected chi connectivity index (χ1v) is 8.34. The fraction of sp³-hybridized carbons (Fsp3) is 0.211. The molecule has 0 aliphatic carbocycles. The van der Waals surface area contributed by atoms with Gasteiger partial charge in [0.15, 0.2) is 11.7 Å². The zero-order valence-electron chi connectivity index (χ0n) is 13.9. The van der Waals surface area contributed by atoms with Gasteiger partial charge in [-0.05, 0) is 23.8 Å². The van der Waals surface area contributed by atoms with Crippen LogP contribution in [0.25, 0.3) is 11.3 Å². The van der Waals surface area contributed by atoms with Gasteiger partial charge in [-0.1, -0.05) is 29.8 Å². The summed E-state index contributed by atoms with van der Waals surface area (Å²) in [5.74, 6) is 1.16. The maximum absolute atomic E-state index is 12.3. The van der Waals surface area contributed by atoms with E-state index in [9.17, 15) is 4.79 Å².